The molecule has 0 aliphatic carbocycles. The zero-order valence-corrected chi connectivity index (χ0v) is 22.4. The number of nitrogens with zero attached hydrogens (tertiary/aromatic N) is 3. The molecular formula is C26H32N4O5S. The van der Waals surface area contributed by atoms with Crippen molar-refractivity contribution in [2.24, 2.45) is 5.10 Å². The molecule has 0 unspecified atom stereocenters. The highest BCUT2D eigenvalue weighted by Crippen LogP contribution is 2.32. The minimum absolute atomic E-state index is 0.270. The fourth-order valence-electron chi connectivity index (χ4n) is 4.06. The molecule has 0 atom stereocenters. The van der Waals surface area contributed by atoms with E-state index in [-0.39, 0.29) is 5.69 Å². The van der Waals surface area contributed by atoms with Crippen molar-refractivity contribution in [1.29, 1.82) is 0 Å². The number of rotatable bonds is 9. The van der Waals surface area contributed by atoms with Crippen LogP contribution in [-0.4, -0.2) is 52.1 Å². The second-order valence-corrected chi connectivity index (χ2v) is 10.5. The first kappa shape index (κ1) is 26.8. The van der Waals surface area contributed by atoms with E-state index in [0.717, 1.165) is 38.8 Å². The molecule has 1 aromatic heterocycles. The maximum Gasteiger partial charge on any atom is 0.260 e. The second kappa shape index (κ2) is 10.9. The van der Waals surface area contributed by atoms with Crippen LogP contribution in [0, 0.1) is 27.7 Å². The topological polar surface area (TPSA) is 102 Å². The number of hydrogen-bond acceptors (Lipinski definition) is 6. The molecule has 0 aliphatic rings. The number of aryl methyl sites for hydroxylation is 3. The monoisotopic (exact) mass is 512 g/mol. The molecule has 1 heterocycles. The number of carbonyl (C=O) groups excluding carboxylic acids is 1. The summed E-state index contributed by atoms with van der Waals surface area (Å²) in [4.78, 5) is 12.6. The number of amides is 1. The molecule has 0 fully saturated rings. The lowest BCUT2D eigenvalue weighted by Gasteiger charge is -2.22. The van der Waals surface area contributed by atoms with E-state index in [4.69, 9.17) is 9.47 Å². The Hall–Kier alpha value is -3.79. The van der Waals surface area contributed by atoms with Crippen LogP contribution >= 0.6 is 0 Å². The van der Waals surface area contributed by atoms with Crippen LogP contribution < -0.4 is 19.2 Å². The van der Waals surface area contributed by atoms with Crippen molar-refractivity contribution >= 4 is 27.8 Å². The smallest absolute Gasteiger partial charge is 0.260 e. The maximum atomic E-state index is 12.6. The molecule has 3 aromatic rings. The number of anilines is 1. The highest BCUT2D eigenvalue weighted by molar-refractivity contribution is 7.92. The van der Waals surface area contributed by atoms with E-state index < -0.39 is 22.5 Å². The normalized spacial score (nSPS) is 11.5. The molecular weight excluding hydrogens is 480 g/mol. The number of hydrogen-bond donors (Lipinski definition) is 1. The van der Waals surface area contributed by atoms with Gasteiger partial charge in [0, 0.05) is 28.7 Å². The third kappa shape index (κ3) is 5.88. The van der Waals surface area contributed by atoms with Crippen molar-refractivity contribution in [3.05, 3.63) is 70.5 Å². The Morgan fingerprint density at radius 1 is 1.03 bits per heavy atom. The molecule has 1 amide bonds. The van der Waals surface area contributed by atoms with Crippen LogP contribution in [0.15, 0.2) is 47.6 Å². The molecule has 0 saturated heterocycles. The Morgan fingerprint density at radius 2 is 1.72 bits per heavy atom. The molecule has 1 N–H and O–H groups in total. The van der Waals surface area contributed by atoms with Gasteiger partial charge in [-0.3, -0.25) is 9.10 Å². The molecule has 192 valence electrons. The van der Waals surface area contributed by atoms with Gasteiger partial charge in [-0.15, -0.1) is 0 Å². The van der Waals surface area contributed by atoms with Crippen molar-refractivity contribution in [1.82, 2.24) is 9.99 Å². The predicted molar refractivity (Wildman–Crippen MR) is 142 cm³/mol. The largest absolute Gasteiger partial charge is 0.493 e. The summed E-state index contributed by atoms with van der Waals surface area (Å²) >= 11 is 0. The summed E-state index contributed by atoms with van der Waals surface area (Å²) in [5, 5.41) is 4.07. The molecule has 10 heteroatoms. The molecule has 0 bridgehead atoms. The third-order valence-electron chi connectivity index (χ3n) is 5.80. The van der Waals surface area contributed by atoms with Gasteiger partial charge >= 0.3 is 0 Å². The fraction of sp³-hybridized carbons (Fsp3) is 0.308. The number of sulfonamides is 1. The number of aromatic nitrogens is 1. The van der Waals surface area contributed by atoms with Crippen LogP contribution in [0.2, 0.25) is 0 Å². The molecule has 0 saturated carbocycles. The first-order valence-corrected chi connectivity index (χ1v) is 13.1. The van der Waals surface area contributed by atoms with Crippen molar-refractivity contribution in [3.63, 3.8) is 0 Å². The fourth-order valence-corrected chi connectivity index (χ4v) is 4.91. The van der Waals surface area contributed by atoms with E-state index in [1.165, 1.54) is 25.8 Å². The van der Waals surface area contributed by atoms with Gasteiger partial charge < -0.3 is 14.0 Å². The molecule has 36 heavy (non-hydrogen) atoms. The maximum absolute atomic E-state index is 12.6. The minimum Gasteiger partial charge on any atom is -0.493 e. The van der Waals surface area contributed by atoms with Gasteiger partial charge in [0.25, 0.3) is 5.91 Å². The van der Waals surface area contributed by atoms with Crippen molar-refractivity contribution < 1.29 is 22.7 Å². The number of carbonyl (C=O) groups is 1. The molecule has 0 spiro atoms. The van der Waals surface area contributed by atoms with Gasteiger partial charge in [-0.05, 0) is 57.5 Å². The summed E-state index contributed by atoms with van der Waals surface area (Å²) in [6.45, 7) is 7.67. The average Bonchev–Trinajstić information content (AvgIpc) is 3.09. The van der Waals surface area contributed by atoms with E-state index >= 15 is 0 Å². The number of benzene rings is 2. The van der Waals surface area contributed by atoms with E-state index in [9.17, 15) is 13.2 Å². The number of nitrogens with one attached hydrogen (secondary N) is 1. The third-order valence-corrected chi connectivity index (χ3v) is 6.94. The van der Waals surface area contributed by atoms with Crippen LogP contribution in [-0.2, 0) is 14.8 Å². The van der Waals surface area contributed by atoms with Crippen molar-refractivity contribution in [2.75, 3.05) is 31.3 Å². The summed E-state index contributed by atoms with van der Waals surface area (Å²) in [6, 6.07) is 12.9. The van der Waals surface area contributed by atoms with Gasteiger partial charge in [0.2, 0.25) is 10.0 Å². The zero-order valence-electron chi connectivity index (χ0n) is 21.6. The average molecular weight is 513 g/mol. The van der Waals surface area contributed by atoms with Crippen LogP contribution in [0.5, 0.6) is 11.5 Å². The Kier molecular flexibility index (Phi) is 8.09. The summed E-state index contributed by atoms with van der Waals surface area (Å²) in [6.07, 6.45) is 2.59. The van der Waals surface area contributed by atoms with Crippen molar-refractivity contribution in [3.8, 4) is 17.2 Å². The lowest BCUT2D eigenvalue weighted by Crippen LogP contribution is -2.39. The van der Waals surface area contributed by atoms with Gasteiger partial charge in [0.05, 0.1) is 32.4 Å². The number of ether oxygens (including phenoxy) is 2. The van der Waals surface area contributed by atoms with E-state index in [1.807, 2.05) is 19.9 Å². The lowest BCUT2D eigenvalue weighted by atomic mass is 10.1. The Balaban J connectivity index is 1.78. The summed E-state index contributed by atoms with van der Waals surface area (Å²) in [5.41, 5.74) is 8.98. The lowest BCUT2D eigenvalue weighted by molar-refractivity contribution is -0.119. The highest BCUT2D eigenvalue weighted by atomic mass is 32.2. The number of hydrazone groups is 1. The predicted octanol–water partition coefficient (Wildman–Crippen LogP) is 3.64. The molecule has 0 aliphatic heterocycles. The second-order valence-electron chi connectivity index (χ2n) is 8.55. The Morgan fingerprint density at radius 3 is 2.33 bits per heavy atom. The van der Waals surface area contributed by atoms with Gasteiger partial charge in [-0.1, -0.05) is 17.7 Å². The molecule has 0 radical (unpaired) electrons. The standard InChI is InChI=1S/C26H32N4O5S/c1-17-8-10-23(18(2)12-17)30-19(3)13-21(20(30)4)15-27-28-26(31)16-29(36(7,32)33)22-9-11-24(34-5)25(14-22)35-6/h8-15H,16H2,1-7H3,(H,28,31)/b27-15-. The molecule has 3 rings (SSSR count). The van der Waals surface area contributed by atoms with Crippen LogP contribution in [0.4, 0.5) is 5.69 Å². The number of methoxy groups -OCH3 is 2. The molecule has 2 aromatic carbocycles. The van der Waals surface area contributed by atoms with Crippen molar-refractivity contribution in [2.45, 2.75) is 27.7 Å². The zero-order chi connectivity index (χ0) is 26.6. The summed E-state index contributed by atoms with van der Waals surface area (Å²) < 4.78 is 38.4. The van der Waals surface area contributed by atoms with Crippen LogP contribution in [0.1, 0.15) is 28.1 Å². The first-order valence-electron chi connectivity index (χ1n) is 11.2. The van der Waals surface area contributed by atoms with Gasteiger partial charge in [0.15, 0.2) is 11.5 Å². The van der Waals surface area contributed by atoms with Crippen LogP contribution in [0.25, 0.3) is 5.69 Å². The summed E-state index contributed by atoms with van der Waals surface area (Å²) in [5.74, 6) is 0.207. The van der Waals surface area contributed by atoms with E-state index in [1.54, 1.807) is 18.3 Å². The molecule has 9 nitrogen and oxygen atoms in total. The van der Waals surface area contributed by atoms with Crippen LogP contribution in [0.3, 0.4) is 0 Å². The van der Waals surface area contributed by atoms with E-state index in [2.05, 4.69) is 47.1 Å². The minimum atomic E-state index is -3.76. The Labute approximate surface area is 212 Å². The first-order chi connectivity index (χ1) is 17.0. The highest BCUT2D eigenvalue weighted by Gasteiger charge is 2.22. The summed E-state index contributed by atoms with van der Waals surface area (Å²) in [7, 11) is -0.829. The Bertz CT molecular complexity index is 1410. The van der Waals surface area contributed by atoms with E-state index in [0.29, 0.717) is 11.5 Å². The quantitative estimate of drug-likeness (QED) is 0.348. The van der Waals surface area contributed by atoms with Gasteiger partial charge in [0.1, 0.15) is 6.54 Å². The SMILES string of the molecule is COc1ccc(N(CC(=O)N/N=C\c2cc(C)n(-c3ccc(C)cc3C)c2C)S(C)(=O)=O)cc1OC. The van der Waals surface area contributed by atoms with Gasteiger partial charge in [-0.2, -0.15) is 5.10 Å². The van der Waals surface area contributed by atoms with Gasteiger partial charge in [-0.25, -0.2) is 13.8 Å².